The Kier molecular flexibility index (Phi) is 6.89. The Hall–Kier alpha value is -3.26. The van der Waals surface area contributed by atoms with Crippen LogP contribution in [0, 0.1) is 5.92 Å². The Morgan fingerprint density at radius 2 is 1.16 bits per heavy atom. The van der Waals surface area contributed by atoms with E-state index in [1.807, 2.05) is 24.3 Å². The van der Waals surface area contributed by atoms with Crippen molar-refractivity contribution < 1.29 is 0 Å². The van der Waals surface area contributed by atoms with Crippen molar-refractivity contribution in [1.29, 1.82) is 0 Å². The number of hydrogen-bond donors (Lipinski definition) is 2. The van der Waals surface area contributed by atoms with Crippen molar-refractivity contribution in [3.05, 3.63) is 119 Å². The summed E-state index contributed by atoms with van der Waals surface area (Å²) in [7, 11) is 0. The minimum absolute atomic E-state index is 0.667. The lowest BCUT2D eigenvalue weighted by atomic mass is 9.89. The molecule has 3 aromatic rings. The summed E-state index contributed by atoms with van der Waals surface area (Å²) < 4.78 is 0. The second-order valence-corrected chi connectivity index (χ2v) is 8.68. The molecule has 0 saturated carbocycles. The van der Waals surface area contributed by atoms with Crippen molar-refractivity contribution >= 4 is 11.4 Å². The van der Waals surface area contributed by atoms with E-state index in [2.05, 4.69) is 66.8 Å². The van der Waals surface area contributed by atoms with Crippen molar-refractivity contribution in [2.45, 2.75) is 38.5 Å². The zero-order chi connectivity index (χ0) is 21.5. The Morgan fingerprint density at radius 1 is 0.645 bits per heavy atom. The van der Waals surface area contributed by atoms with Crippen LogP contribution in [0.2, 0.25) is 0 Å². The normalized spacial score (nSPS) is 15.6. The minimum atomic E-state index is 0.667. The fourth-order valence-corrected chi connectivity index (χ4v) is 4.19. The van der Waals surface area contributed by atoms with Gasteiger partial charge in [-0.3, -0.25) is 0 Å². The highest BCUT2D eigenvalue weighted by Crippen LogP contribution is 2.24. The van der Waals surface area contributed by atoms with Crippen molar-refractivity contribution in [3.8, 4) is 0 Å². The molecule has 1 unspecified atom stereocenters. The van der Waals surface area contributed by atoms with Crippen LogP contribution < -0.4 is 11.5 Å². The fraction of sp³-hybridized carbons (Fsp3) is 0.241. The molecule has 0 radical (unpaired) electrons. The monoisotopic (exact) mass is 408 g/mol. The van der Waals surface area contributed by atoms with E-state index in [-0.39, 0.29) is 0 Å². The highest BCUT2D eigenvalue weighted by Gasteiger charge is 2.09. The molecular weight excluding hydrogens is 376 g/mol. The average Bonchev–Trinajstić information content (AvgIpc) is 2.79. The van der Waals surface area contributed by atoms with E-state index < -0.39 is 0 Å². The molecule has 3 aromatic carbocycles. The maximum atomic E-state index is 5.78. The standard InChI is InChI=1S/C29H32N2/c30-28-16-12-26(13-17-28)20-24-8-4-22(5-9-24)2-1-3-23-6-10-25(11-7-23)21-27-14-18-29(31)19-15-27/h4-6,8-19,23H,1-3,7,20-21,30-31H2. The van der Waals surface area contributed by atoms with Gasteiger partial charge in [-0.05, 0) is 96.5 Å². The number of aryl methyl sites for hydroxylation is 1. The number of benzene rings is 3. The molecule has 0 aliphatic heterocycles. The van der Waals surface area contributed by atoms with E-state index in [0.29, 0.717) is 5.92 Å². The fourth-order valence-electron chi connectivity index (χ4n) is 4.19. The van der Waals surface area contributed by atoms with Crippen molar-refractivity contribution in [3.63, 3.8) is 0 Å². The third-order valence-corrected chi connectivity index (χ3v) is 6.10. The maximum absolute atomic E-state index is 5.78. The molecule has 4 N–H and O–H groups in total. The lowest BCUT2D eigenvalue weighted by molar-refractivity contribution is 0.561. The van der Waals surface area contributed by atoms with Crippen molar-refractivity contribution in [1.82, 2.24) is 0 Å². The average molecular weight is 409 g/mol. The maximum Gasteiger partial charge on any atom is 0.0314 e. The van der Waals surface area contributed by atoms with E-state index in [1.54, 1.807) is 0 Å². The summed E-state index contributed by atoms with van der Waals surface area (Å²) in [6.07, 6.45) is 13.9. The Labute approximate surface area is 186 Å². The molecule has 0 heterocycles. The molecule has 2 nitrogen and oxygen atoms in total. The van der Waals surface area contributed by atoms with Crippen LogP contribution in [0.15, 0.2) is 96.6 Å². The lowest BCUT2D eigenvalue weighted by Gasteiger charge is -2.16. The SMILES string of the molecule is Nc1ccc(CC2=CCC(CCCc3ccc(Cc4ccc(N)cc4)cc3)C=C2)cc1. The molecule has 0 amide bonds. The third kappa shape index (κ3) is 6.36. The largest absolute Gasteiger partial charge is 0.399 e. The molecule has 0 fully saturated rings. The molecule has 2 heteroatoms. The van der Waals surface area contributed by atoms with Crippen LogP contribution >= 0.6 is 0 Å². The van der Waals surface area contributed by atoms with Crippen LogP contribution in [-0.2, 0) is 19.3 Å². The van der Waals surface area contributed by atoms with Crippen molar-refractivity contribution in [2.24, 2.45) is 5.92 Å². The molecule has 0 saturated heterocycles. The number of allylic oxidation sites excluding steroid dienone is 4. The number of anilines is 2. The van der Waals surface area contributed by atoms with Crippen molar-refractivity contribution in [2.75, 3.05) is 11.5 Å². The van der Waals surface area contributed by atoms with Gasteiger partial charge in [-0.2, -0.15) is 0 Å². The zero-order valence-corrected chi connectivity index (χ0v) is 18.1. The number of nitrogens with two attached hydrogens (primary N) is 2. The molecule has 31 heavy (non-hydrogen) atoms. The number of hydrogen-bond acceptors (Lipinski definition) is 2. The van der Waals surface area contributed by atoms with Crippen LogP contribution in [0.1, 0.15) is 41.5 Å². The number of nitrogen functional groups attached to an aromatic ring is 2. The van der Waals surface area contributed by atoms with E-state index in [0.717, 1.165) is 37.1 Å². The minimum Gasteiger partial charge on any atom is -0.399 e. The summed E-state index contributed by atoms with van der Waals surface area (Å²) in [6.45, 7) is 0. The molecule has 1 aliphatic carbocycles. The smallest absolute Gasteiger partial charge is 0.0314 e. The van der Waals surface area contributed by atoms with Gasteiger partial charge in [0.2, 0.25) is 0 Å². The van der Waals surface area contributed by atoms with Gasteiger partial charge in [-0.25, -0.2) is 0 Å². The van der Waals surface area contributed by atoms with Crippen LogP contribution in [0.5, 0.6) is 0 Å². The molecule has 158 valence electrons. The highest BCUT2D eigenvalue weighted by atomic mass is 14.5. The first-order valence-electron chi connectivity index (χ1n) is 11.3. The highest BCUT2D eigenvalue weighted by molar-refractivity contribution is 5.42. The third-order valence-electron chi connectivity index (χ3n) is 6.10. The molecule has 4 rings (SSSR count). The van der Waals surface area contributed by atoms with Crippen LogP contribution in [-0.4, -0.2) is 0 Å². The van der Waals surface area contributed by atoms with Gasteiger partial charge in [-0.1, -0.05) is 66.8 Å². The first kappa shape index (κ1) is 21.0. The van der Waals surface area contributed by atoms with E-state index in [1.165, 1.54) is 40.7 Å². The van der Waals surface area contributed by atoms with Gasteiger partial charge in [0.1, 0.15) is 0 Å². The Bertz CT molecular complexity index is 1030. The lowest BCUT2D eigenvalue weighted by Crippen LogP contribution is -2.02. The molecule has 0 bridgehead atoms. The van der Waals surface area contributed by atoms with Crippen LogP contribution in [0.4, 0.5) is 11.4 Å². The van der Waals surface area contributed by atoms with E-state index in [9.17, 15) is 0 Å². The van der Waals surface area contributed by atoms with Gasteiger partial charge >= 0.3 is 0 Å². The second kappa shape index (κ2) is 10.2. The summed E-state index contributed by atoms with van der Waals surface area (Å²) in [5.74, 6) is 0.667. The zero-order valence-electron chi connectivity index (χ0n) is 18.1. The van der Waals surface area contributed by atoms with Crippen LogP contribution in [0.3, 0.4) is 0 Å². The Morgan fingerprint density at radius 3 is 1.71 bits per heavy atom. The summed E-state index contributed by atoms with van der Waals surface area (Å²) in [4.78, 5) is 0. The molecule has 1 aliphatic rings. The summed E-state index contributed by atoms with van der Waals surface area (Å²) in [5, 5.41) is 0. The quantitative estimate of drug-likeness (QED) is 0.417. The first-order chi connectivity index (χ1) is 15.1. The van der Waals surface area contributed by atoms with Gasteiger partial charge in [-0.15, -0.1) is 0 Å². The summed E-state index contributed by atoms with van der Waals surface area (Å²) >= 11 is 0. The number of rotatable bonds is 8. The summed E-state index contributed by atoms with van der Waals surface area (Å²) in [5.41, 5.74) is 20.0. The summed E-state index contributed by atoms with van der Waals surface area (Å²) in [6, 6.07) is 25.5. The first-order valence-corrected chi connectivity index (χ1v) is 11.3. The second-order valence-electron chi connectivity index (χ2n) is 8.68. The molecular formula is C29H32N2. The molecule has 1 atom stereocenters. The predicted octanol–water partition coefficient (Wildman–Crippen LogP) is 6.51. The molecule has 0 aromatic heterocycles. The topological polar surface area (TPSA) is 52.0 Å². The van der Waals surface area contributed by atoms with Gasteiger partial charge in [0.15, 0.2) is 0 Å². The molecule has 0 spiro atoms. The van der Waals surface area contributed by atoms with Gasteiger partial charge < -0.3 is 11.5 Å². The Balaban J connectivity index is 1.19. The van der Waals surface area contributed by atoms with Gasteiger partial charge in [0.05, 0.1) is 0 Å². The van der Waals surface area contributed by atoms with Gasteiger partial charge in [0.25, 0.3) is 0 Å². The predicted molar refractivity (Wildman–Crippen MR) is 133 cm³/mol. The van der Waals surface area contributed by atoms with E-state index >= 15 is 0 Å². The van der Waals surface area contributed by atoms with Crippen LogP contribution in [0.25, 0.3) is 0 Å². The van der Waals surface area contributed by atoms with Gasteiger partial charge in [0, 0.05) is 11.4 Å². The van der Waals surface area contributed by atoms with E-state index in [4.69, 9.17) is 11.5 Å².